The summed E-state index contributed by atoms with van der Waals surface area (Å²) in [6, 6.07) is 10.2. The van der Waals surface area contributed by atoms with Gasteiger partial charge < -0.3 is 10.6 Å². The van der Waals surface area contributed by atoms with Crippen LogP contribution in [-0.2, 0) is 11.4 Å². The van der Waals surface area contributed by atoms with Crippen LogP contribution < -0.4 is 5.73 Å². The minimum Gasteiger partial charge on any atom is -0.328 e. The minimum absolute atomic E-state index is 0.0334. The van der Waals surface area contributed by atoms with E-state index in [1.165, 1.54) is 0 Å². The van der Waals surface area contributed by atoms with Gasteiger partial charge in [-0.05, 0) is 18.4 Å². The maximum Gasteiger partial charge on any atom is 0.344 e. The van der Waals surface area contributed by atoms with Crippen molar-refractivity contribution < 1.29 is 9.63 Å². The second-order valence-electron chi connectivity index (χ2n) is 5.14. The molecule has 2 aliphatic rings. The average molecular weight is 261 g/mol. The molecule has 5 heteroatoms. The van der Waals surface area contributed by atoms with Gasteiger partial charge in [-0.15, -0.1) is 0 Å². The van der Waals surface area contributed by atoms with Crippen molar-refractivity contribution in [1.82, 2.24) is 9.96 Å². The zero-order chi connectivity index (χ0) is 13.2. The molecule has 3 rings (SSSR count). The van der Waals surface area contributed by atoms with Crippen LogP contribution in [0.2, 0.25) is 0 Å². The highest BCUT2D eigenvalue weighted by atomic mass is 16.7. The Morgan fingerprint density at radius 1 is 1.26 bits per heavy atom. The van der Waals surface area contributed by atoms with E-state index in [2.05, 4.69) is 0 Å². The number of rotatable bonds is 4. The van der Waals surface area contributed by atoms with E-state index in [9.17, 15) is 4.79 Å². The molecule has 1 aromatic carbocycles. The molecule has 2 bridgehead atoms. The minimum atomic E-state index is -0.0334. The molecule has 0 unspecified atom stereocenters. The van der Waals surface area contributed by atoms with Gasteiger partial charge in [0, 0.05) is 19.1 Å². The molecule has 2 N–H and O–H groups in total. The lowest BCUT2D eigenvalue weighted by atomic mass is 10.0. The number of piperidine rings is 1. The summed E-state index contributed by atoms with van der Waals surface area (Å²) >= 11 is 0. The quantitative estimate of drug-likeness (QED) is 0.890. The van der Waals surface area contributed by atoms with Gasteiger partial charge in [-0.1, -0.05) is 30.3 Å². The van der Waals surface area contributed by atoms with E-state index in [4.69, 9.17) is 10.6 Å². The van der Waals surface area contributed by atoms with Gasteiger partial charge in [-0.25, -0.2) is 4.79 Å². The first-order chi connectivity index (χ1) is 9.29. The lowest BCUT2D eigenvalue weighted by Gasteiger charge is -2.29. The molecule has 102 valence electrons. The Morgan fingerprint density at radius 3 is 2.79 bits per heavy atom. The predicted octanol–water partition coefficient (Wildman–Crippen LogP) is 1.35. The topological polar surface area (TPSA) is 58.8 Å². The van der Waals surface area contributed by atoms with E-state index < -0.39 is 0 Å². The fraction of sp³-hybridized carbons (Fsp3) is 0.500. The van der Waals surface area contributed by atoms with Gasteiger partial charge in [0.2, 0.25) is 0 Å². The molecule has 0 saturated carbocycles. The first-order valence-electron chi connectivity index (χ1n) is 6.76. The van der Waals surface area contributed by atoms with Crippen molar-refractivity contribution in [2.75, 3.05) is 13.1 Å². The van der Waals surface area contributed by atoms with Gasteiger partial charge in [-0.3, -0.25) is 4.84 Å². The standard InChI is InChI=1S/C14H19N3O2/c15-8-12-6-7-13-9-16(12)14(18)17(13)19-10-11-4-2-1-3-5-11/h1-5,12-13H,6-10,15H2/t12-,13-/m0/s1. The lowest BCUT2D eigenvalue weighted by Crippen LogP contribution is -2.44. The first-order valence-corrected chi connectivity index (χ1v) is 6.76. The van der Waals surface area contributed by atoms with E-state index in [1.807, 2.05) is 35.2 Å². The van der Waals surface area contributed by atoms with Crippen LogP contribution in [0, 0.1) is 0 Å². The highest BCUT2D eigenvalue weighted by Crippen LogP contribution is 2.29. The van der Waals surface area contributed by atoms with Crippen LogP contribution in [0.25, 0.3) is 0 Å². The van der Waals surface area contributed by atoms with E-state index in [0.29, 0.717) is 13.2 Å². The number of carbonyl (C=O) groups is 1. The van der Waals surface area contributed by atoms with Crippen molar-refractivity contribution in [1.29, 1.82) is 0 Å². The zero-order valence-electron chi connectivity index (χ0n) is 10.9. The Bertz CT molecular complexity index is 451. The summed E-state index contributed by atoms with van der Waals surface area (Å²) in [5, 5.41) is 1.54. The molecule has 2 amide bonds. The third-order valence-electron chi connectivity index (χ3n) is 3.93. The van der Waals surface area contributed by atoms with Crippen molar-refractivity contribution in [3.05, 3.63) is 35.9 Å². The largest absolute Gasteiger partial charge is 0.344 e. The third-order valence-corrected chi connectivity index (χ3v) is 3.93. The molecule has 19 heavy (non-hydrogen) atoms. The Kier molecular flexibility index (Phi) is 3.40. The summed E-state index contributed by atoms with van der Waals surface area (Å²) in [5.74, 6) is 0. The summed E-state index contributed by atoms with van der Waals surface area (Å²) in [6.07, 6.45) is 1.94. The van der Waals surface area contributed by atoms with E-state index in [1.54, 1.807) is 5.06 Å². The van der Waals surface area contributed by atoms with Crippen molar-refractivity contribution in [3.8, 4) is 0 Å². The second-order valence-corrected chi connectivity index (χ2v) is 5.14. The number of urea groups is 1. The van der Waals surface area contributed by atoms with Gasteiger partial charge in [0.25, 0.3) is 0 Å². The van der Waals surface area contributed by atoms with Crippen LogP contribution in [-0.4, -0.2) is 41.2 Å². The van der Waals surface area contributed by atoms with E-state index in [-0.39, 0.29) is 18.1 Å². The fourth-order valence-corrected chi connectivity index (χ4v) is 2.84. The maximum atomic E-state index is 12.2. The molecule has 0 radical (unpaired) electrons. The Hall–Kier alpha value is -1.59. The van der Waals surface area contributed by atoms with Crippen molar-refractivity contribution in [2.24, 2.45) is 5.73 Å². The van der Waals surface area contributed by atoms with Gasteiger partial charge in [0.1, 0.15) is 6.61 Å². The SMILES string of the molecule is NC[C@@H]1CC[C@H]2CN1C(=O)N2OCc1ccccc1. The zero-order valence-corrected chi connectivity index (χ0v) is 10.9. The van der Waals surface area contributed by atoms with Crippen molar-refractivity contribution >= 4 is 6.03 Å². The number of amides is 2. The molecule has 1 aromatic rings. The monoisotopic (exact) mass is 261 g/mol. The van der Waals surface area contributed by atoms with Crippen LogP contribution >= 0.6 is 0 Å². The molecule has 2 fully saturated rings. The number of hydroxylamine groups is 2. The number of nitrogens with two attached hydrogens (primary N) is 1. The molecule has 0 spiro atoms. The molecular formula is C14H19N3O2. The van der Waals surface area contributed by atoms with Crippen LogP contribution in [0.3, 0.4) is 0 Å². The molecule has 5 nitrogen and oxygen atoms in total. The summed E-state index contributed by atoms with van der Waals surface area (Å²) in [6.45, 7) is 1.71. The highest BCUT2D eigenvalue weighted by molar-refractivity contribution is 5.76. The second kappa shape index (κ2) is 5.19. The molecule has 2 atom stereocenters. The van der Waals surface area contributed by atoms with Crippen LogP contribution in [0.1, 0.15) is 18.4 Å². The normalized spacial score (nSPS) is 26.1. The summed E-state index contributed by atoms with van der Waals surface area (Å²) < 4.78 is 0. The molecular weight excluding hydrogens is 242 g/mol. The number of hydrogen-bond acceptors (Lipinski definition) is 3. The van der Waals surface area contributed by atoms with Gasteiger partial charge in [0.15, 0.2) is 0 Å². The average Bonchev–Trinajstić information content (AvgIpc) is 2.71. The molecule has 0 aliphatic carbocycles. The third kappa shape index (κ3) is 2.31. The van der Waals surface area contributed by atoms with Crippen molar-refractivity contribution in [3.63, 3.8) is 0 Å². The van der Waals surface area contributed by atoms with E-state index in [0.717, 1.165) is 24.9 Å². The smallest absolute Gasteiger partial charge is 0.328 e. The summed E-state index contributed by atoms with van der Waals surface area (Å²) in [7, 11) is 0. The van der Waals surface area contributed by atoms with Crippen molar-refractivity contribution in [2.45, 2.75) is 31.5 Å². The first kappa shape index (κ1) is 12.4. The Morgan fingerprint density at radius 2 is 2.05 bits per heavy atom. The van der Waals surface area contributed by atoms with Crippen LogP contribution in [0.5, 0.6) is 0 Å². The Balaban J connectivity index is 1.64. The summed E-state index contributed by atoms with van der Waals surface area (Å²) in [4.78, 5) is 19.8. The Labute approximate surface area is 112 Å². The molecule has 2 aliphatic heterocycles. The van der Waals surface area contributed by atoms with Gasteiger partial charge in [0.05, 0.1) is 6.04 Å². The van der Waals surface area contributed by atoms with Crippen LogP contribution in [0.15, 0.2) is 30.3 Å². The number of carbonyl (C=O) groups excluding carboxylic acids is 1. The molecule has 2 heterocycles. The fourth-order valence-electron chi connectivity index (χ4n) is 2.84. The van der Waals surface area contributed by atoms with Crippen LogP contribution in [0.4, 0.5) is 4.79 Å². The van der Waals surface area contributed by atoms with E-state index >= 15 is 0 Å². The predicted molar refractivity (Wildman–Crippen MR) is 71.0 cm³/mol. The lowest BCUT2D eigenvalue weighted by molar-refractivity contribution is -0.140. The number of nitrogens with zero attached hydrogens (tertiary/aromatic N) is 2. The number of fused-ring (bicyclic) bond motifs is 2. The molecule has 2 saturated heterocycles. The maximum absolute atomic E-state index is 12.2. The van der Waals surface area contributed by atoms with Gasteiger partial charge in [-0.2, -0.15) is 5.06 Å². The number of benzene rings is 1. The molecule has 0 aromatic heterocycles. The number of hydrogen-bond donors (Lipinski definition) is 1. The van der Waals surface area contributed by atoms with Gasteiger partial charge >= 0.3 is 6.03 Å². The summed E-state index contributed by atoms with van der Waals surface area (Å²) in [5.41, 5.74) is 6.78. The highest BCUT2D eigenvalue weighted by Gasteiger charge is 2.44.